The van der Waals surface area contributed by atoms with Crippen LogP contribution in [0, 0.1) is 23.2 Å². The van der Waals surface area contributed by atoms with Crippen LogP contribution in [0.4, 0.5) is 11.5 Å². The third-order valence-electron chi connectivity index (χ3n) is 7.30. The van der Waals surface area contributed by atoms with E-state index in [0.717, 1.165) is 52.5 Å². The van der Waals surface area contributed by atoms with Crippen molar-refractivity contribution < 1.29 is 4.79 Å². The topological polar surface area (TPSA) is 54.0 Å². The average Bonchev–Trinajstić information content (AvgIpc) is 2.66. The van der Waals surface area contributed by atoms with Gasteiger partial charge in [-0.05, 0) is 74.0 Å². The number of rotatable bonds is 7. The Morgan fingerprint density at radius 2 is 1.83 bits per heavy atom. The summed E-state index contributed by atoms with van der Waals surface area (Å²) >= 11 is 1.81. The van der Waals surface area contributed by atoms with Crippen LogP contribution in [0.5, 0.6) is 0 Å². The molecule has 2 N–H and O–H groups in total. The van der Waals surface area contributed by atoms with E-state index in [1.807, 2.05) is 42.1 Å². The van der Waals surface area contributed by atoms with Crippen LogP contribution in [0.15, 0.2) is 30.3 Å². The van der Waals surface area contributed by atoms with Gasteiger partial charge in [-0.15, -0.1) is 0 Å². The average molecular weight is 410 g/mol. The molecule has 4 aliphatic carbocycles. The first-order valence-corrected chi connectivity index (χ1v) is 12.4. The monoisotopic (exact) mass is 409 g/mol. The number of nitrogens with one attached hydrogen (secondary N) is 2. The van der Waals surface area contributed by atoms with Crippen molar-refractivity contribution in [3.63, 3.8) is 0 Å². The van der Waals surface area contributed by atoms with Crippen LogP contribution < -0.4 is 10.6 Å². The lowest BCUT2D eigenvalue weighted by molar-refractivity contribution is -0.124. The van der Waals surface area contributed by atoms with Gasteiger partial charge in [-0.25, -0.2) is 4.98 Å². The number of carbonyl (C=O) groups excluding carboxylic acids is 1. The molecule has 1 amide bonds. The molecule has 6 rings (SSSR count). The van der Waals surface area contributed by atoms with Crippen molar-refractivity contribution in [3.05, 3.63) is 30.3 Å². The van der Waals surface area contributed by atoms with Gasteiger partial charge in [0.2, 0.25) is 5.91 Å². The maximum Gasteiger partial charge on any atom is 0.224 e. The van der Waals surface area contributed by atoms with E-state index in [2.05, 4.69) is 16.9 Å². The van der Waals surface area contributed by atoms with Crippen molar-refractivity contribution in [2.24, 2.45) is 23.2 Å². The summed E-state index contributed by atoms with van der Waals surface area (Å²) in [5.74, 6) is 4.68. The maximum absolute atomic E-state index is 13.2. The Morgan fingerprint density at radius 1 is 1.14 bits per heavy atom. The number of thioether (sulfide) groups is 1. The van der Waals surface area contributed by atoms with Gasteiger partial charge in [-0.2, -0.15) is 11.8 Å². The number of hydrogen-bond acceptors (Lipinski definition) is 4. The van der Waals surface area contributed by atoms with Crippen molar-refractivity contribution in [1.29, 1.82) is 0 Å². The number of hydrogen-bond donors (Lipinski definition) is 2. The first-order chi connectivity index (χ1) is 14.1. The fourth-order valence-corrected chi connectivity index (χ4v) is 7.00. The first-order valence-electron chi connectivity index (χ1n) is 11.0. The van der Waals surface area contributed by atoms with E-state index in [1.54, 1.807) is 0 Å². The van der Waals surface area contributed by atoms with Crippen LogP contribution in [0.3, 0.4) is 0 Å². The highest BCUT2D eigenvalue weighted by Crippen LogP contribution is 2.61. The first kappa shape index (κ1) is 19.2. The molecule has 0 radical (unpaired) electrons. The molecule has 29 heavy (non-hydrogen) atoms. The molecule has 4 aliphatic rings. The molecule has 0 saturated heterocycles. The van der Waals surface area contributed by atoms with E-state index in [0.29, 0.717) is 6.42 Å². The van der Waals surface area contributed by atoms with Gasteiger partial charge in [0, 0.05) is 30.2 Å². The second-order valence-corrected chi connectivity index (χ2v) is 10.6. The van der Waals surface area contributed by atoms with Crippen LogP contribution in [-0.4, -0.2) is 29.4 Å². The van der Waals surface area contributed by atoms with E-state index < -0.39 is 0 Å². The van der Waals surface area contributed by atoms with Gasteiger partial charge in [0.05, 0.1) is 11.2 Å². The third kappa shape index (κ3) is 3.98. The predicted molar refractivity (Wildman–Crippen MR) is 122 cm³/mol. The number of nitrogens with zero attached hydrogens (tertiary/aromatic N) is 1. The smallest absolute Gasteiger partial charge is 0.224 e. The SMILES string of the molecule is CSCCNc1cc(NC(=O)CC23CC4CC(CC(C4)C2)C3)c2ccccc2n1. The summed E-state index contributed by atoms with van der Waals surface area (Å²) < 4.78 is 0. The third-order valence-corrected chi connectivity index (χ3v) is 7.92. The van der Waals surface area contributed by atoms with E-state index in [1.165, 1.54) is 38.5 Å². The zero-order valence-corrected chi connectivity index (χ0v) is 18.1. The molecule has 2 aromatic rings. The molecule has 4 saturated carbocycles. The number of fused-ring (bicyclic) bond motifs is 1. The number of pyridine rings is 1. The Kier molecular flexibility index (Phi) is 5.19. The molecule has 0 spiro atoms. The Hall–Kier alpha value is -1.75. The molecular weight excluding hydrogens is 378 g/mol. The number of benzene rings is 1. The fraction of sp³-hybridized carbons (Fsp3) is 0.583. The van der Waals surface area contributed by atoms with Crippen LogP contribution in [0.25, 0.3) is 10.9 Å². The van der Waals surface area contributed by atoms with Gasteiger partial charge >= 0.3 is 0 Å². The van der Waals surface area contributed by atoms with Crippen molar-refractivity contribution in [2.45, 2.75) is 44.9 Å². The number of carbonyl (C=O) groups is 1. The fourth-order valence-electron chi connectivity index (χ4n) is 6.69. The number of amides is 1. The molecule has 1 aromatic carbocycles. The lowest BCUT2D eigenvalue weighted by atomic mass is 9.49. The minimum atomic E-state index is 0.179. The summed E-state index contributed by atoms with van der Waals surface area (Å²) in [6, 6.07) is 10.1. The Bertz CT molecular complexity index is 877. The van der Waals surface area contributed by atoms with Gasteiger partial charge in [0.25, 0.3) is 0 Å². The van der Waals surface area contributed by atoms with Gasteiger partial charge in [-0.1, -0.05) is 18.2 Å². The van der Waals surface area contributed by atoms with E-state index in [-0.39, 0.29) is 11.3 Å². The summed E-state index contributed by atoms with van der Waals surface area (Å²) in [6.45, 7) is 0.868. The Balaban J connectivity index is 1.34. The van der Waals surface area contributed by atoms with Gasteiger partial charge in [-0.3, -0.25) is 4.79 Å². The van der Waals surface area contributed by atoms with E-state index in [9.17, 15) is 4.79 Å². The highest BCUT2D eigenvalue weighted by atomic mass is 32.2. The molecule has 4 nitrogen and oxygen atoms in total. The number of anilines is 2. The Labute approximate surface area is 177 Å². The Morgan fingerprint density at radius 3 is 2.52 bits per heavy atom. The van der Waals surface area contributed by atoms with Crippen molar-refractivity contribution in [2.75, 3.05) is 29.2 Å². The summed E-state index contributed by atoms with van der Waals surface area (Å²) in [4.78, 5) is 17.9. The quantitative estimate of drug-likeness (QED) is 0.588. The highest BCUT2D eigenvalue weighted by Gasteiger charge is 2.51. The van der Waals surface area contributed by atoms with Gasteiger partial charge in [0.15, 0.2) is 0 Å². The summed E-state index contributed by atoms with van der Waals surface area (Å²) in [5, 5.41) is 7.68. The van der Waals surface area contributed by atoms with Crippen molar-refractivity contribution >= 4 is 40.1 Å². The second kappa shape index (κ2) is 7.82. The van der Waals surface area contributed by atoms with Crippen LogP contribution in [0.1, 0.15) is 44.9 Å². The molecule has 154 valence electrons. The molecule has 1 aromatic heterocycles. The van der Waals surface area contributed by atoms with E-state index in [4.69, 9.17) is 4.98 Å². The second-order valence-electron chi connectivity index (χ2n) is 9.63. The summed E-state index contributed by atoms with van der Waals surface area (Å²) in [7, 11) is 0. The number of aromatic nitrogens is 1. The normalized spacial score (nSPS) is 29.9. The molecule has 4 bridgehead atoms. The maximum atomic E-state index is 13.2. The van der Waals surface area contributed by atoms with Gasteiger partial charge < -0.3 is 10.6 Å². The zero-order chi connectivity index (χ0) is 19.8. The molecule has 0 aliphatic heterocycles. The van der Waals surface area contributed by atoms with E-state index >= 15 is 0 Å². The molecule has 5 heteroatoms. The summed E-state index contributed by atoms with van der Waals surface area (Å²) in [6.07, 6.45) is 10.8. The minimum Gasteiger partial charge on any atom is -0.369 e. The predicted octanol–water partition coefficient (Wildman–Crippen LogP) is 5.55. The van der Waals surface area contributed by atoms with Crippen molar-refractivity contribution in [1.82, 2.24) is 4.98 Å². The van der Waals surface area contributed by atoms with Crippen LogP contribution >= 0.6 is 11.8 Å². The largest absolute Gasteiger partial charge is 0.369 e. The molecule has 0 atom stereocenters. The molecular formula is C24H31N3OS. The zero-order valence-electron chi connectivity index (χ0n) is 17.2. The van der Waals surface area contributed by atoms with Crippen LogP contribution in [0.2, 0.25) is 0 Å². The summed E-state index contributed by atoms with van der Waals surface area (Å²) in [5.41, 5.74) is 2.07. The van der Waals surface area contributed by atoms with Crippen LogP contribution in [-0.2, 0) is 4.79 Å². The standard InChI is InChI=1S/C24H31N3OS/c1-29-7-6-25-22-11-21(19-4-2-3-5-20(19)26-22)27-23(28)15-24-12-16-8-17(13-24)10-18(9-16)14-24/h2-5,11,16-18H,6-10,12-15H2,1H3,(H2,25,26,27,28). The lowest BCUT2D eigenvalue weighted by Crippen LogP contribution is -2.47. The van der Waals surface area contributed by atoms with Crippen molar-refractivity contribution in [3.8, 4) is 0 Å². The molecule has 1 heterocycles. The minimum absolute atomic E-state index is 0.179. The molecule has 0 unspecified atom stereocenters. The van der Waals surface area contributed by atoms with Gasteiger partial charge in [0.1, 0.15) is 5.82 Å². The molecule has 4 fully saturated rings. The lowest BCUT2D eigenvalue weighted by Gasteiger charge is -2.56. The number of para-hydroxylation sites is 1. The highest BCUT2D eigenvalue weighted by molar-refractivity contribution is 7.98.